The van der Waals surface area contributed by atoms with E-state index in [-0.39, 0.29) is 12.1 Å². The van der Waals surface area contributed by atoms with Crippen LogP contribution >= 0.6 is 0 Å². The van der Waals surface area contributed by atoms with Crippen LogP contribution in [-0.4, -0.2) is 0 Å². The van der Waals surface area contributed by atoms with E-state index in [1.54, 1.807) is 0 Å². The van der Waals surface area contributed by atoms with E-state index in [1.165, 1.54) is 0 Å². The minimum Gasteiger partial charge on any atom is -0.449 e. The summed E-state index contributed by atoms with van der Waals surface area (Å²) in [6, 6.07) is -0.628. The highest BCUT2D eigenvalue weighted by molar-refractivity contribution is 5.61. The predicted octanol–water partition coefficient (Wildman–Crippen LogP) is 8.47. The fraction of sp³-hybridized carbons (Fsp3) is 0.143. The average molecular weight is 622 g/mol. The molecule has 4 N–H and O–H groups in total. The number of ether oxygens (including phenoxy) is 2. The van der Waals surface area contributed by atoms with Crippen LogP contribution in [0.5, 0.6) is 23.0 Å². The summed E-state index contributed by atoms with van der Waals surface area (Å²) in [7, 11) is 0. The Morgan fingerprint density at radius 1 is 0.415 bits per heavy atom. The zero-order chi connectivity index (χ0) is 31.6. The van der Waals surface area contributed by atoms with Gasteiger partial charge in [-0.05, 0) is 0 Å². The number of rotatable bonds is 4. The quantitative estimate of drug-likeness (QED) is 0.174. The Bertz CT molecular complexity index is 1540. The van der Waals surface area contributed by atoms with Crippen molar-refractivity contribution in [2.45, 2.75) is 18.5 Å². The Morgan fingerprint density at radius 2 is 0.732 bits per heavy atom. The van der Waals surface area contributed by atoms with Gasteiger partial charge in [-0.3, -0.25) is 0 Å². The molecule has 4 nitrogen and oxygen atoms in total. The minimum atomic E-state index is -6.33. The van der Waals surface area contributed by atoms with E-state index in [1.807, 2.05) is 0 Å². The molecule has 3 aromatic rings. The number of halogens is 16. The molecule has 3 rings (SSSR count). The summed E-state index contributed by atoms with van der Waals surface area (Å²) in [4.78, 5) is 0. The Labute approximate surface area is 214 Å². The highest BCUT2D eigenvalue weighted by Crippen LogP contribution is 2.51. The van der Waals surface area contributed by atoms with Crippen LogP contribution in [0.1, 0.15) is 16.7 Å². The van der Waals surface area contributed by atoms with Crippen LogP contribution in [-0.2, 0) is 18.5 Å². The number of anilines is 2. The molecule has 0 unspecified atom stereocenters. The number of hydrogen-bond donors (Lipinski definition) is 2. The normalized spacial score (nSPS) is 12.6. The fourth-order valence-electron chi connectivity index (χ4n) is 3.28. The van der Waals surface area contributed by atoms with Gasteiger partial charge in [0.05, 0.1) is 11.4 Å². The van der Waals surface area contributed by atoms with Crippen molar-refractivity contribution >= 4 is 11.4 Å². The van der Waals surface area contributed by atoms with E-state index >= 15 is 4.39 Å². The predicted molar refractivity (Wildman–Crippen MR) is 103 cm³/mol. The summed E-state index contributed by atoms with van der Waals surface area (Å²) in [5.41, 5.74) is -2.08. The summed E-state index contributed by atoms with van der Waals surface area (Å²) in [6.07, 6.45) is -18.1. The minimum absolute atomic E-state index is 0.296. The van der Waals surface area contributed by atoms with Gasteiger partial charge in [-0.15, -0.1) is 0 Å². The van der Waals surface area contributed by atoms with E-state index < -0.39 is 110 Å². The number of nitrogens with two attached hydrogens (primary N) is 2. The lowest BCUT2D eigenvalue weighted by molar-refractivity contribution is -0.142. The average Bonchev–Trinajstić information content (AvgIpc) is 2.78. The summed E-state index contributed by atoms with van der Waals surface area (Å²) in [5.74, 6) is -30.9. The van der Waals surface area contributed by atoms with Crippen LogP contribution in [0.3, 0.4) is 0 Å². The molecule has 224 valence electrons. The Kier molecular flexibility index (Phi) is 7.61. The van der Waals surface area contributed by atoms with Crippen molar-refractivity contribution in [2.24, 2.45) is 0 Å². The van der Waals surface area contributed by atoms with E-state index in [4.69, 9.17) is 11.5 Å². The van der Waals surface area contributed by atoms with Crippen LogP contribution in [0.4, 0.5) is 81.6 Å². The van der Waals surface area contributed by atoms with Crippen molar-refractivity contribution in [2.75, 3.05) is 11.5 Å². The van der Waals surface area contributed by atoms with Gasteiger partial charge < -0.3 is 20.9 Å². The smallest absolute Gasteiger partial charge is 0.423 e. The summed E-state index contributed by atoms with van der Waals surface area (Å²) in [5, 5.41) is 0. The molecule has 3 aromatic carbocycles. The first-order valence-electron chi connectivity index (χ1n) is 9.82. The van der Waals surface area contributed by atoms with Gasteiger partial charge in [0.15, 0.2) is 34.7 Å². The topological polar surface area (TPSA) is 70.5 Å². The zero-order valence-electron chi connectivity index (χ0n) is 18.7. The van der Waals surface area contributed by atoms with Gasteiger partial charge in [-0.25, -0.2) is 13.2 Å². The number of hydrogen-bond acceptors (Lipinski definition) is 4. The second-order valence-corrected chi connectivity index (χ2v) is 7.60. The molecule has 0 aliphatic heterocycles. The maximum Gasteiger partial charge on any atom is 0.423 e. The van der Waals surface area contributed by atoms with E-state index in [0.717, 1.165) is 0 Å². The third-order valence-corrected chi connectivity index (χ3v) is 4.91. The lowest BCUT2D eigenvalue weighted by Crippen LogP contribution is -2.18. The highest BCUT2D eigenvalue weighted by atomic mass is 19.4. The Hall–Kier alpha value is -4.26. The SMILES string of the molecule is Nc1cc(F)c(F)c(Oc2c(F)c(F)c(C(F)(F)F)c(Oc3c(F)c(F)cc(N)c3C(F)(F)F)c2F)c1C(F)(F)F. The van der Waals surface area contributed by atoms with Crippen LogP contribution in [0, 0.1) is 40.7 Å². The molecule has 0 aliphatic carbocycles. The Morgan fingerprint density at radius 3 is 1.07 bits per heavy atom. The lowest BCUT2D eigenvalue weighted by atomic mass is 10.1. The van der Waals surface area contributed by atoms with Crippen molar-refractivity contribution in [1.82, 2.24) is 0 Å². The maximum absolute atomic E-state index is 15.2. The van der Waals surface area contributed by atoms with Gasteiger partial charge in [0.25, 0.3) is 0 Å². The molecule has 0 radical (unpaired) electrons. The molecule has 0 spiro atoms. The zero-order valence-corrected chi connectivity index (χ0v) is 18.7. The highest BCUT2D eigenvalue weighted by Gasteiger charge is 2.47. The molecule has 0 bridgehead atoms. The summed E-state index contributed by atoms with van der Waals surface area (Å²) in [6.45, 7) is 0. The summed E-state index contributed by atoms with van der Waals surface area (Å²) >= 11 is 0. The van der Waals surface area contributed by atoms with E-state index in [9.17, 15) is 65.9 Å². The molecule has 0 aromatic heterocycles. The van der Waals surface area contributed by atoms with Gasteiger partial charge in [0.1, 0.15) is 16.7 Å². The molecular weight excluding hydrogens is 616 g/mol. The fourth-order valence-corrected chi connectivity index (χ4v) is 3.28. The van der Waals surface area contributed by atoms with Gasteiger partial charge in [-0.1, -0.05) is 0 Å². The van der Waals surface area contributed by atoms with Gasteiger partial charge >= 0.3 is 18.5 Å². The monoisotopic (exact) mass is 622 g/mol. The molecule has 0 amide bonds. The molecule has 0 heterocycles. The second kappa shape index (κ2) is 9.98. The van der Waals surface area contributed by atoms with Crippen molar-refractivity contribution in [1.29, 1.82) is 0 Å². The molecule has 0 saturated carbocycles. The second-order valence-electron chi connectivity index (χ2n) is 7.60. The third kappa shape index (κ3) is 5.53. The molecule has 0 saturated heterocycles. The van der Waals surface area contributed by atoms with Gasteiger partial charge in [0.2, 0.25) is 29.0 Å². The standard InChI is InChI=1S/C21H6F16N2O2/c22-3-1-5(38)7(19(29,30)31)15(10(3)24)40-17-9(21(35,36)37)12(26)13(27)18(14(17)28)41-16-8(20(32,33)34)6(39)2-4(23)11(16)25/h1-2H,38-39H2. The van der Waals surface area contributed by atoms with Crippen LogP contribution < -0.4 is 20.9 Å². The van der Waals surface area contributed by atoms with Crippen LogP contribution in [0.25, 0.3) is 0 Å². The first-order chi connectivity index (χ1) is 18.5. The number of nitrogen functional groups attached to an aromatic ring is 2. The van der Waals surface area contributed by atoms with E-state index in [2.05, 4.69) is 9.47 Å². The molecule has 0 atom stereocenters. The van der Waals surface area contributed by atoms with Gasteiger partial charge in [-0.2, -0.15) is 57.1 Å². The largest absolute Gasteiger partial charge is 0.449 e. The summed E-state index contributed by atoms with van der Waals surface area (Å²) < 4.78 is 229. The molecule has 41 heavy (non-hydrogen) atoms. The van der Waals surface area contributed by atoms with Crippen molar-refractivity contribution in [3.63, 3.8) is 0 Å². The Balaban J connectivity index is 2.45. The molecule has 20 heteroatoms. The molecule has 0 aliphatic rings. The third-order valence-electron chi connectivity index (χ3n) is 4.91. The van der Waals surface area contributed by atoms with Crippen LogP contribution in [0.2, 0.25) is 0 Å². The van der Waals surface area contributed by atoms with Crippen molar-refractivity contribution in [3.05, 3.63) is 69.5 Å². The first kappa shape index (κ1) is 31.3. The number of benzene rings is 3. The molecule has 0 fully saturated rings. The van der Waals surface area contributed by atoms with Gasteiger partial charge in [0, 0.05) is 12.1 Å². The molecular formula is C21H6F16N2O2. The number of alkyl halides is 9. The maximum atomic E-state index is 15.2. The lowest BCUT2D eigenvalue weighted by Gasteiger charge is -2.22. The first-order valence-corrected chi connectivity index (χ1v) is 9.82. The van der Waals surface area contributed by atoms with E-state index in [0.29, 0.717) is 0 Å². The van der Waals surface area contributed by atoms with Crippen molar-refractivity contribution < 1.29 is 79.7 Å². The van der Waals surface area contributed by atoms with Crippen LogP contribution in [0.15, 0.2) is 12.1 Å². The van der Waals surface area contributed by atoms with Crippen molar-refractivity contribution in [3.8, 4) is 23.0 Å².